The smallest absolute Gasteiger partial charge is 0.00752 e. The maximum Gasteiger partial charge on any atom is 0.00752 e. The predicted octanol–water partition coefficient (Wildman–Crippen LogP) is 4.10. The number of allylic oxidation sites excluding steroid dienone is 1. The van der Waals surface area contributed by atoms with E-state index < -0.39 is 0 Å². The highest BCUT2D eigenvalue weighted by atomic mass is 32.2. The van der Waals surface area contributed by atoms with Crippen LogP contribution in [0.2, 0.25) is 0 Å². The molecule has 74 valence electrons. The van der Waals surface area contributed by atoms with Crippen LogP contribution in [0, 0.1) is 0 Å². The van der Waals surface area contributed by atoms with Gasteiger partial charge in [-0.25, -0.2) is 0 Å². The highest BCUT2D eigenvalue weighted by Crippen LogP contribution is 2.36. The first-order chi connectivity index (χ1) is 6.63. The molecular weight excluding hydrogens is 188 g/mol. The quantitative estimate of drug-likeness (QED) is 0.620. The van der Waals surface area contributed by atoms with Gasteiger partial charge in [-0.1, -0.05) is 32.1 Å². The number of thioether (sulfide) groups is 1. The summed E-state index contributed by atoms with van der Waals surface area (Å²) in [6.07, 6.45) is 7.81. The van der Waals surface area contributed by atoms with E-state index >= 15 is 0 Å². The van der Waals surface area contributed by atoms with Crippen molar-refractivity contribution in [1.29, 1.82) is 0 Å². The second kappa shape index (κ2) is 3.47. The molecule has 1 aliphatic rings. The third-order valence-electron chi connectivity index (χ3n) is 2.91. The molecule has 0 heterocycles. The number of hydrogen-bond donors (Lipinski definition) is 0. The molecule has 0 unspecified atom stereocenters. The van der Waals surface area contributed by atoms with Gasteiger partial charge in [0.2, 0.25) is 0 Å². The first-order valence-electron chi connectivity index (χ1n) is 4.98. The first-order valence-corrected chi connectivity index (χ1v) is 6.21. The summed E-state index contributed by atoms with van der Waals surface area (Å²) in [6, 6.07) is 6.80. The van der Waals surface area contributed by atoms with Crippen molar-refractivity contribution in [3.05, 3.63) is 35.4 Å². The van der Waals surface area contributed by atoms with Gasteiger partial charge in [-0.15, -0.1) is 11.8 Å². The lowest BCUT2D eigenvalue weighted by Gasteiger charge is -2.29. The van der Waals surface area contributed by atoms with Gasteiger partial charge in [-0.2, -0.15) is 0 Å². The van der Waals surface area contributed by atoms with Crippen LogP contribution in [0.5, 0.6) is 0 Å². The Morgan fingerprint density at radius 1 is 1.29 bits per heavy atom. The van der Waals surface area contributed by atoms with Gasteiger partial charge >= 0.3 is 0 Å². The molecule has 1 aromatic carbocycles. The minimum absolute atomic E-state index is 0.307. The van der Waals surface area contributed by atoms with Crippen molar-refractivity contribution in [2.75, 3.05) is 6.26 Å². The molecule has 14 heavy (non-hydrogen) atoms. The van der Waals surface area contributed by atoms with E-state index in [1.807, 2.05) is 11.8 Å². The molecule has 0 bridgehead atoms. The van der Waals surface area contributed by atoms with Crippen molar-refractivity contribution in [2.24, 2.45) is 0 Å². The van der Waals surface area contributed by atoms with Crippen LogP contribution in [-0.2, 0) is 5.41 Å². The third kappa shape index (κ3) is 1.61. The number of benzene rings is 1. The standard InChI is InChI=1S/C13H16S/c1-13(2)8-4-5-10-9-11(14-3)6-7-12(10)13/h4-7,9H,8H2,1-3H3. The summed E-state index contributed by atoms with van der Waals surface area (Å²) in [5, 5.41) is 0. The van der Waals surface area contributed by atoms with Crippen LogP contribution >= 0.6 is 11.8 Å². The maximum absolute atomic E-state index is 2.31. The van der Waals surface area contributed by atoms with Crippen LogP contribution < -0.4 is 0 Å². The summed E-state index contributed by atoms with van der Waals surface area (Å²) in [5.41, 5.74) is 3.19. The zero-order chi connectivity index (χ0) is 10.2. The lowest BCUT2D eigenvalue weighted by molar-refractivity contribution is 0.528. The van der Waals surface area contributed by atoms with Crippen molar-refractivity contribution < 1.29 is 0 Å². The van der Waals surface area contributed by atoms with Gasteiger partial charge in [-0.3, -0.25) is 0 Å². The van der Waals surface area contributed by atoms with Crippen LogP contribution in [0.25, 0.3) is 6.08 Å². The lowest BCUT2D eigenvalue weighted by Crippen LogP contribution is -2.19. The second-order valence-electron chi connectivity index (χ2n) is 4.44. The molecule has 0 aliphatic heterocycles. The molecule has 0 amide bonds. The van der Waals surface area contributed by atoms with E-state index in [-0.39, 0.29) is 0 Å². The molecule has 0 N–H and O–H groups in total. The summed E-state index contributed by atoms with van der Waals surface area (Å²) < 4.78 is 0. The molecule has 0 saturated carbocycles. The van der Waals surface area contributed by atoms with Crippen LogP contribution in [0.1, 0.15) is 31.4 Å². The van der Waals surface area contributed by atoms with E-state index in [2.05, 4.69) is 50.5 Å². The number of hydrogen-bond acceptors (Lipinski definition) is 1. The first kappa shape index (κ1) is 9.85. The van der Waals surface area contributed by atoms with E-state index in [0.29, 0.717) is 5.41 Å². The van der Waals surface area contributed by atoms with Gasteiger partial charge < -0.3 is 0 Å². The van der Waals surface area contributed by atoms with E-state index in [4.69, 9.17) is 0 Å². The summed E-state index contributed by atoms with van der Waals surface area (Å²) in [5.74, 6) is 0. The predicted molar refractivity (Wildman–Crippen MR) is 64.9 cm³/mol. The number of rotatable bonds is 1. The molecule has 0 nitrogen and oxygen atoms in total. The van der Waals surface area contributed by atoms with Crippen molar-refractivity contribution in [2.45, 2.75) is 30.6 Å². The van der Waals surface area contributed by atoms with Crippen LogP contribution in [-0.4, -0.2) is 6.26 Å². The molecule has 0 spiro atoms. The Labute approximate surface area is 90.4 Å². The fraction of sp³-hybridized carbons (Fsp3) is 0.385. The van der Waals surface area contributed by atoms with Crippen molar-refractivity contribution >= 4 is 17.8 Å². The van der Waals surface area contributed by atoms with Crippen molar-refractivity contribution in [3.8, 4) is 0 Å². The zero-order valence-electron chi connectivity index (χ0n) is 9.00. The molecule has 1 heteroatoms. The topological polar surface area (TPSA) is 0 Å². The normalized spacial score (nSPS) is 17.9. The third-order valence-corrected chi connectivity index (χ3v) is 3.64. The summed E-state index contributed by atoms with van der Waals surface area (Å²) in [4.78, 5) is 1.35. The Hall–Kier alpha value is -0.690. The van der Waals surface area contributed by atoms with Crippen LogP contribution in [0.15, 0.2) is 29.2 Å². The molecule has 1 aromatic rings. The summed E-state index contributed by atoms with van der Waals surface area (Å²) in [7, 11) is 0. The fourth-order valence-electron chi connectivity index (χ4n) is 2.01. The van der Waals surface area contributed by atoms with Gasteiger partial charge in [0.1, 0.15) is 0 Å². The minimum Gasteiger partial charge on any atom is -0.130 e. The average Bonchev–Trinajstić information content (AvgIpc) is 2.16. The molecule has 0 atom stereocenters. The van der Waals surface area contributed by atoms with Crippen LogP contribution in [0.4, 0.5) is 0 Å². The van der Waals surface area contributed by atoms with Gasteiger partial charge in [0.05, 0.1) is 0 Å². The average molecular weight is 204 g/mol. The molecule has 0 radical (unpaired) electrons. The molecule has 1 aliphatic carbocycles. The molecule has 2 rings (SSSR count). The van der Waals surface area contributed by atoms with Crippen LogP contribution in [0.3, 0.4) is 0 Å². The Bertz CT molecular complexity index is 375. The largest absolute Gasteiger partial charge is 0.130 e. The second-order valence-corrected chi connectivity index (χ2v) is 5.32. The van der Waals surface area contributed by atoms with Crippen molar-refractivity contribution in [1.82, 2.24) is 0 Å². The zero-order valence-corrected chi connectivity index (χ0v) is 9.82. The van der Waals surface area contributed by atoms with E-state index in [1.165, 1.54) is 16.0 Å². The van der Waals surface area contributed by atoms with E-state index in [9.17, 15) is 0 Å². The SMILES string of the molecule is CSc1ccc2c(c1)C=CCC2(C)C. The monoisotopic (exact) mass is 204 g/mol. The molecule has 0 saturated heterocycles. The minimum atomic E-state index is 0.307. The fourth-order valence-corrected chi connectivity index (χ4v) is 2.46. The van der Waals surface area contributed by atoms with Crippen molar-refractivity contribution in [3.63, 3.8) is 0 Å². The van der Waals surface area contributed by atoms with Gasteiger partial charge in [-0.05, 0) is 41.4 Å². The number of fused-ring (bicyclic) bond motifs is 1. The maximum atomic E-state index is 2.31. The van der Waals surface area contributed by atoms with E-state index in [1.54, 1.807) is 0 Å². The summed E-state index contributed by atoms with van der Waals surface area (Å²) in [6.45, 7) is 4.63. The summed E-state index contributed by atoms with van der Waals surface area (Å²) >= 11 is 1.81. The van der Waals surface area contributed by atoms with E-state index in [0.717, 1.165) is 6.42 Å². The molecular formula is C13H16S. The Morgan fingerprint density at radius 3 is 2.79 bits per heavy atom. The highest BCUT2D eigenvalue weighted by molar-refractivity contribution is 7.98. The molecule has 0 aromatic heterocycles. The Morgan fingerprint density at radius 2 is 2.07 bits per heavy atom. The van der Waals surface area contributed by atoms with Gasteiger partial charge in [0.15, 0.2) is 0 Å². The Balaban J connectivity index is 2.53. The van der Waals surface area contributed by atoms with Gasteiger partial charge in [0, 0.05) is 4.90 Å². The van der Waals surface area contributed by atoms with Gasteiger partial charge in [0.25, 0.3) is 0 Å². The Kier molecular flexibility index (Phi) is 2.44. The lowest BCUT2D eigenvalue weighted by atomic mass is 9.76. The molecule has 0 fully saturated rings. The highest BCUT2D eigenvalue weighted by Gasteiger charge is 2.24.